The Morgan fingerprint density at radius 2 is 2.05 bits per heavy atom. The van der Waals surface area contributed by atoms with Crippen molar-refractivity contribution in [2.45, 2.75) is 27.7 Å². The van der Waals surface area contributed by atoms with Crippen molar-refractivity contribution in [2.24, 2.45) is 5.41 Å². The van der Waals surface area contributed by atoms with Crippen LogP contribution >= 0.6 is 0 Å². The summed E-state index contributed by atoms with van der Waals surface area (Å²) >= 11 is 0. The topological polar surface area (TPSA) is 86.5 Å². The van der Waals surface area contributed by atoms with Crippen molar-refractivity contribution in [1.82, 2.24) is 19.6 Å². The molecule has 106 valence electrons. The molecule has 2 rings (SSSR count). The third-order valence-corrected chi connectivity index (χ3v) is 2.78. The van der Waals surface area contributed by atoms with E-state index in [-0.39, 0.29) is 18.2 Å². The molecule has 0 aliphatic carbocycles. The zero-order valence-electron chi connectivity index (χ0n) is 11.9. The Morgan fingerprint density at radius 3 is 2.65 bits per heavy atom. The van der Waals surface area contributed by atoms with Gasteiger partial charge in [-0.3, -0.25) is 4.79 Å². The summed E-state index contributed by atoms with van der Waals surface area (Å²) in [7, 11) is 0. The highest BCUT2D eigenvalue weighted by Crippen LogP contribution is 2.14. The van der Waals surface area contributed by atoms with Crippen LogP contribution in [0.3, 0.4) is 0 Å². The smallest absolute Gasteiger partial charge is 0.378 e. The summed E-state index contributed by atoms with van der Waals surface area (Å²) in [5.74, 6) is -0.677. The molecular weight excluding hydrogens is 260 g/mol. The summed E-state index contributed by atoms with van der Waals surface area (Å²) in [6.07, 6.45) is 1.58. The highest BCUT2D eigenvalue weighted by atomic mass is 16.5. The van der Waals surface area contributed by atoms with Crippen LogP contribution in [0.15, 0.2) is 12.3 Å². The van der Waals surface area contributed by atoms with Crippen LogP contribution in [0.25, 0.3) is 5.78 Å². The number of rotatable bonds is 3. The maximum absolute atomic E-state index is 11.8. The average molecular weight is 276 g/mol. The van der Waals surface area contributed by atoms with Gasteiger partial charge in [-0.15, -0.1) is 5.10 Å². The molecule has 2 aromatic rings. The number of aryl methyl sites for hydroxylation is 1. The summed E-state index contributed by atoms with van der Waals surface area (Å²) in [5, 5.41) is 4.01. The summed E-state index contributed by atoms with van der Waals surface area (Å²) in [6.45, 7) is 6.82. The Labute approximate surface area is 116 Å². The first-order valence-electron chi connectivity index (χ1n) is 6.18. The molecule has 2 heterocycles. The van der Waals surface area contributed by atoms with E-state index >= 15 is 0 Å². The van der Waals surface area contributed by atoms with E-state index < -0.39 is 11.4 Å². The number of Topliss-reactive ketones (excluding diaryl/α,β-unsaturated/α-hetero) is 1. The van der Waals surface area contributed by atoms with Gasteiger partial charge in [0, 0.05) is 17.3 Å². The largest absolute Gasteiger partial charge is 0.452 e. The molecule has 0 bridgehead atoms. The molecule has 0 aliphatic rings. The van der Waals surface area contributed by atoms with Crippen LogP contribution in [-0.4, -0.2) is 37.9 Å². The fourth-order valence-corrected chi connectivity index (χ4v) is 1.41. The lowest BCUT2D eigenvalue weighted by Crippen LogP contribution is -2.26. The van der Waals surface area contributed by atoms with E-state index in [0.29, 0.717) is 5.78 Å². The third kappa shape index (κ3) is 2.81. The molecule has 0 saturated carbocycles. The van der Waals surface area contributed by atoms with Crippen molar-refractivity contribution in [3.8, 4) is 0 Å². The maximum atomic E-state index is 11.8. The van der Waals surface area contributed by atoms with Crippen LogP contribution < -0.4 is 0 Å². The number of hydrogen-bond acceptors (Lipinski definition) is 6. The number of ketones is 1. The molecule has 0 N–H and O–H groups in total. The molecule has 0 unspecified atom stereocenters. The number of ether oxygens (including phenoxy) is 1. The molecule has 0 atom stereocenters. The minimum absolute atomic E-state index is 0.103. The van der Waals surface area contributed by atoms with E-state index in [1.54, 1.807) is 33.0 Å². The maximum Gasteiger partial charge on any atom is 0.378 e. The molecule has 0 saturated heterocycles. The molecule has 0 aromatic carbocycles. The molecule has 7 heteroatoms. The van der Waals surface area contributed by atoms with Gasteiger partial charge in [-0.05, 0) is 13.0 Å². The Hall–Kier alpha value is -2.31. The molecule has 2 aromatic heterocycles. The second-order valence-electron chi connectivity index (χ2n) is 5.48. The zero-order valence-corrected chi connectivity index (χ0v) is 11.9. The van der Waals surface area contributed by atoms with Crippen molar-refractivity contribution < 1.29 is 14.3 Å². The fraction of sp³-hybridized carbons (Fsp3) is 0.462. The summed E-state index contributed by atoms with van der Waals surface area (Å²) in [4.78, 5) is 31.5. The van der Waals surface area contributed by atoms with Crippen LogP contribution in [0, 0.1) is 12.3 Å². The molecule has 0 spiro atoms. The van der Waals surface area contributed by atoms with Gasteiger partial charge in [0.05, 0.1) is 0 Å². The number of aromatic nitrogens is 4. The van der Waals surface area contributed by atoms with E-state index in [2.05, 4.69) is 15.1 Å². The normalized spacial score (nSPS) is 11.6. The SMILES string of the molecule is Cc1ccnc2nc(C(=O)OCC(=O)C(C)(C)C)nn12. The standard InChI is InChI=1S/C13H16N4O3/c1-8-5-6-14-12-15-10(16-17(8)12)11(19)20-7-9(18)13(2,3)4/h5-6H,7H2,1-4H3. The summed E-state index contributed by atoms with van der Waals surface area (Å²) in [5.41, 5.74) is 0.248. The van der Waals surface area contributed by atoms with Gasteiger partial charge in [-0.2, -0.15) is 4.98 Å². The minimum Gasteiger partial charge on any atom is -0.452 e. The van der Waals surface area contributed by atoms with Gasteiger partial charge in [-0.1, -0.05) is 20.8 Å². The predicted octanol–water partition coefficient (Wildman–Crippen LogP) is 1.20. The zero-order chi connectivity index (χ0) is 14.9. The van der Waals surface area contributed by atoms with Crippen LogP contribution in [0.2, 0.25) is 0 Å². The highest BCUT2D eigenvalue weighted by molar-refractivity contribution is 5.90. The van der Waals surface area contributed by atoms with E-state index in [0.717, 1.165) is 5.69 Å². The first kappa shape index (κ1) is 14.1. The van der Waals surface area contributed by atoms with Gasteiger partial charge in [0.2, 0.25) is 0 Å². The molecule has 0 radical (unpaired) electrons. The number of esters is 1. The predicted molar refractivity (Wildman–Crippen MR) is 70.3 cm³/mol. The van der Waals surface area contributed by atoms with Crippen LogP contribution in [0.1, 0.15) is 37.1 Å². The molecule has 0 aliphatic heterocycles. The first-order chi connectivity index (χ1) is 9.29. The number of fused-ring (bicyclic) bond motifs is 1. The Kier molecular flexibility index (Phi) is 3.52. The lowest BCUT2D eigenvalue weighted by atomic mass is 9.91. The van der Waals surface area contributed by atoms with Gasteiger partial charge in [-0.25, -0.2) is 14.3 Å². The Balaban J connectivity index is 2.12. The van der Waals surface area contributed by atoms with E-state index in [1.165, 1.54) is 4.52 Å². The van der Waals surface area contributed by atoms with Gasteiger partial charge in [0.25, 0.3) is 11.6 Å². The number of nitrogens with zero attached hydrogens (tertiary/aromatic N) is 4. The van der Waals surface area contributed by atoms with Crippen LogP contribution in [-0.2, 0) is 9.53 Å². The Morgan fingerprint density at radius 1 is 1.35 bits per heavy atom. The number of carbonyl (C=O) groups excluding carboxylic acids is 2. The monoisotopic (exact) mass is 276 g/mol. The number of hydrogen-bond donors (Lipinski definition) is 0. The Bertz CT molecular complexity index is 670. The summed E-state index contributed by atoms with van der Waals surface area (Å²) < 4.78 is 6.38. The molecule has 0 fully saturated rings. The average Bonchev–Trinajstić information content (AvgIpc) is 2.79. The highest BCUT2D eigenvalue weighted by Gasteiger charge is 2.24. The molecule has 20 heavy (non-hydrogen) atoms. The fourth-order valence-electron chi connectivity index (χ4n) is 1.41. The van der Waals surface area contributed by atoms with Crippen molar-refractivity contribution in [1.29, 1.82) is 0 Å². The number of carbonyl (C=O) groups is 2. The first-order valence-corrected chi connectivity index (χ1v) is 6.18. The van der Waals surface area contributed by atoms with E-state index in [1.807, 2.05) is 6.92 Å². The van der Waals surface area contributed by atoms with Gasteiger partial charge in [0.1, 0.15) is 0 Å². The molecular formula is C13H16N4O3. The quantitative estimate of drug-likeness (QED) is 0.783. The van der Waals surface area contributed by atoms with Crippen molar-refractivity contribution in [3.05, 3.63) is 23.8 Å². The van der Waals surface area contributed by atoms with Gasteiger partial charge in [0.15, 0.2) is 12.4 Å². The second-order valence-corrected chi connectivity index (χ2v) is 5.48. The third-order valence-electron chi connectivity index (χ3n) is 2.78. The van der Waals surface area contributed by atoms with Crippen molar-refractivity contribution >= 4 is 17.5 Å². The second kappa shape index (κ2) is 4.99. The molecule has 0 amide bonds. The summed E-state index contributed by atoms with van der Waals surface area (Å²) in [6, 6.07) is 1.75. The lowest BCUT2D eigenvalue weighted by Gasteiger charge is -2.15. The van der Waals surface area contributed by atoms with Crippen molar-refractivity contribution in [2.75, 3.05) is 6.61 Å². The lowest BCUT2D eigenvalue weighted by molar-refractivity contribution is -0.129. The van der Waals surface area contributed by atoms with E-state index in [4.69, 9.17) is 4.74 Å². The van der Waals surface area contributed by atoms with Gasteiger partial charge >= 0.3 is 5.97 Å². The van der Waals surface area contributed by atoms with E-state index in [9.17, 15) is 9.59 Å². The van der Waals surface area contributed by atoms with Crippen LogP contribution in [0.4, 0.5) is 0 Å². The minimum atomic E-state index is -0.729. The van der Waals surface area contributed by atoms with Crippen LogP contribution in [0.5, 0.6) is 0 Å². The van der Waals surface area contributed by atoms with Gasteiger partial charge < -0.3 is 4.74 Å². The molecule has 7 nitrogen and oxygen atoms in total. The van der Waals surface area contributed by atoms with Crippen molar-refractivity contribution in [3.63, 3.8) is 0 Å².